The van der Waals surface area contributed by atoms with E-state index >= 15 is 0 Å². The fraction of sp³-hybridized carbons (Fsp3) is 0.120. The molecule has 0 aliphatic carbocycles. The molecule has 0 spiro atoms. The topological polar surface area (TPSA) is 64.4 Å². The fourth-order valence-electron chi connectivity index (χ4n) is 3.17. The van der Waals surface area contributed by atoms with Crippen molar-refractivity contribution in [1.82, 2.24) is 5.16 Å². The second kappa shape index (κ2) is 8.66. The molecule has 0 radical (unpaired) electrons. The standard InChI is InChI=1S/C25H22N2O3/c1-17-7-6-10-22(15-17)29-16-23-18(2)30-27-24(23)25(28)26-21-13-11-20(12-14-21)19-8-4-3-5-9-19/h3-15H,16H2,1-2H3,(H,26,28). The molecule has 0 saturated carbocycles. The summed E-state index contributed by atoms with van der Waals surface area (Å²) >= 11 is 0. The zero-order chi connectivity index (χ0) is 20.9. The number of benzene rings is 3. The second-order valence-electron chi connectivity index (χ2n) is 7.07. The average molecular weight is 398 g/mol. The number of carbonyl (C=O) groups is 1. The van der Waals surface area contributed by atoms with Gasteiger partial charge in [0.05, 0.1) is 5.56 Å². The number of ether oxygens (including phenoxy) is 1. The van der Waals surface area contributed by atoms with Crippen molar-refractivity contribution >= 4 is 11.6 Å². The predicted octanol–water partition coefficient (Wildman–Crippen LogP) is 5.79. The van der Waals surface area contributed by atoms with E-state index < -0.39 is 0 Å². The van der Waals surface area contributed by atoms with Gasteiger partial charge in [-0.05, 0) is 54.8 Å². The summed E-state index contributed by atoms with van der Waals surface area (Å²) in [6, 6.07) is 25.5. The van der Waals surface area contributed by atoms with Crippen LogP contribution in [0.4, 0.5) is 5.69 Å². The molecule has 4 rings (SSSR count). The highest BCUT2D eigenvalue weighted by atomic mass is 16.5. The molecule has 0 aliphatic rings. The number of nitrogens with zero attached hydrogens (tertiary/aromatic N) is 1. The van der Waals surface area contributed by atoms with Crippen molar-refractivity contribution in [2.45, 2.75) is 20.5 Å². The highest BCUT2D eigenvalue weighted by Gasteiger charge is 2.20. The number of nitrogens with one attached hydrogen (secondary N) is 1. The number of carbonyl (C=O) groups excluding carboxylic acids is 1. The number of rotatable bonds is 6. The molecule has 0 bridgehead atoms. The summed E-state index contributed by atoms with van der Waals surface area (Å²) in [5, 5.41) is 6.82. The van der Waals surface area contributed by atoms with Gasteiger partial charge in [-0.1, -0.05) is 59.8 Å². The van der Waals surface area contributed by atoms with Gasteiger partial charge in [-0.15, -0.1) is 0 Å². The molecule has 5 nitrogen and oxygen atoms in total. The molecule has 0 atom stereocenters. The molecule has 1 amide bonds. The number of hydrogen-bond acceptors (Lipinski definition) is 4. The molecule has 1 aromatic heterocycles. The van der Waals surface area contributed by atoms with Gasteiger partial charge in [0.2, 0.25) is 0 Å². The molecular weight excluding hydrogens is 376 g/mol. The first-order chi connectivity index (χ1) is 14.6. The first kappa shape index (κ1) is 19.5. The van der Waals surface area contributed by atoms with Gasteiger partial charge in [-0.25, -0.2) is 0 Å². The zero-order valence-electron chi connectivity index (χ0n) is 16.9. The first-order valence-corrected chi connectivity index (χ1v) is 9.71. The minimum atomic E-state index is -0.331. The summed E-state index contributed by atoms with van der Waals surface area (Å²) in [6.07, 6.45) is 0. The van der Waals surface area contributed by atoms with Gasteiger partial charge in [0.15, 0.2) is 5.69 Å². The summed E-state index contributed by atoms with van der Waals surface area (Å²) in [6.45, 7) is 3.97. The van der Waals surface area contributed by atoms with Crippen LogP contribution >= 0.6 is 0 Å². The summed E-state index contributed by atoms with van der Waals surface area (Å²) < 4.78 is 11.1. The molecular formula is C25H22N2O3. The SMILES string of the molecule is Cc1cccc(OCc2c(C(=O)Nc3ccc(-c4ccccc4)cc3)noc2C)c1. The summed E-state index contributed by atoms with van der Waals surface area (Å²) in [7, 11) is 0. The summed E-state index contributed by atoms with van der Waals surface area (Å²) in [4.78, 5) is 12.8. The number of aromatic nitrogens is 1. The van der Waals surface area contributed by atoms with Crippen LogP contribution in [0.25, 0.3) is 11.1 Å². The summed E-state index contributed by atoms with van der Waals surface area (Å²) in [5.41, 5.74) is 4.86. The third-order valence-corrected chi connectivity index (χ3v) is 4.82. The van der Waals surface area contributed by atoms with Crippen LogP contribution in [-0.2, 0) is 6.61 Å². The highest BCUT2D eigenvalue weighted by molar-refractivity contribution is 6.04. The van der Waals surface area contributed by atoms with Crippen molar-refractivity contribution in [1.29, 1.82) is 0 Å². The Morgan fingerprint density at radius 2 is 1.67 bits per heavy atom. The van der Waals surface area contributed by atoms with Crippen molar-refractivity contribution in [2.24, 2.45) is 0 Å². The van der Waals surface area contributed by atoms with E-state index in [0.717, 1.165) is 22.4 Å². The molecule has 30 heavy (non-hydrogen) atoms. The smallest absolute Gasteiger partial charge is 0.278 e. The van der Waals surface area contributed by atoms with Gasteiger partial charge in [-0.2, -0.15) is 0 Å². The van der Waals surface area contributed by atoms with Crippen LogP contribution in [0, 0.1) is 13.8 Å². The maximum Gasteiger partial charge on any atom is 0.278 e. The first-order valence-electron chi connectivity index (χ1n) is 9.71. The molecule has 5 heteroatoms. The highest BCUT2D eigenvalue weighted by Crippen LogP contribution is 2.23. The third kappa shape index (κ3) is 4.41. The average Bonchev–Trinajstić information content (AvgIpc) is 3.14. The fourth-order valence-corrected chi connectivity index (χ4v) is 3.17. The van der Waals surface area contributed by atoms with Gasteiger partial charge >= 0.3 is 0 Å². The van der Waals surface area contributed by atoms with E-state index in [-0.39, 0.29) is 18.2 Å². The monoisotopic (exact) mass is 398 g/mol. The lowest BCUT2D eigenvalue weighted by molar-refractivity contribution is 0.101. The predicted molar refractivity (Wildman–Crippen MR) is 117 cm³/mol. The minimum absolute atomic E-state index is 0.203. The van der Waals surface area contributed by atoms with E-state index in [0.29, 0.717) is 17.0 Å². The number of hydrogen-bond donors (Lipinski definition) is 1. The zero-order valence-corrected chi connectivity index (χ0v) is 16.9. The van der Waals surface area contributed by atoms with Crippen LogP contribution in [0.1, 0.15) is 27.4 Å². The molecule has 4 aromatic rings. The Balaban J connectivity index is 1.46. The van der Waals surface area contributed by atoms with Gasteiger partial charge < -0.3 is 14.6 Å². The number of anilines is 1. The Labute approximate surface area is 175 Å². The van der Waals surface area contributed by atoms with E-state index in [9.17, 15) is 4.79 Å². The van der Waals surface area contributed by atoms with Crippen molar-refractivity contribution in [3.8, 4) is 16.9 Å². The summed E-state index contributed by atoms with van der Waals surface area (Å²) in [5.74, 6) is 0.966. The van der Waals surface area contributed by atoms with E-state index in [1.165, 1.54) is 0 Å². The van der Waals surface area contributed by atoms with E-state index in [1.54, 1.807) is 6.92 Å². The van der Waals surface area contributed by atoms with Crippen molar-refractivity contribution in [3.05, 3.63) is 101 Å². The normalized spacial score (nSPS) is 10.6. The molecule has 0 unspecified atom stereocenters. The Hall–Kier alpha value is -3.86. The van der Waals surface area contributed by atoms with Crippen LogP contribution in [0.15, 0.2) is 83.4 Å². The van der Waals surface area contributed by atoms with E-state index in [4.69, 9.17) is 9.26 Å². The third-order valence-electron chi connectivity index (χ3n) is 4.82. The van der Waals surface area contributed by atoms with Gasteiger partial charge in [0, 0.05) is 5.69 Å². The molecule has 0 saturated heterocycles. The lowest BCUT2D eigenvalue weighted by Crippen LogP contribution is -2.15. The molecule has 0 aliphatic heterocycles. The Kier molecular flexibility index (Phi) is 5.61. The molecule has 1 N–H and O–H groups in total. The lowest BCUT2D eigenvalue weighted by atomic mass is 10.1. The van der Waals surface area contributed by atoms with Crippen LogP contribution in [0.5, 0.6) is 5.75 Å². The van der Waals surface area contributed by atoms with Gasteiger partial charge in [0.25, 0.3) is 5.91 Å². The van der Waals surface area contributed by atoms with Crippen LogP contribution < -0.4 is 10.1 Å². The van der Waals surface area contributed by atoms with E-state index in [2.05, 4.69) is 10.5 Å². The Bertz CT molecular complexity index is 1150. The number of amides is 1. The minimum Gasteiger partial charge on any atom is -0.489 e. The van der Waals surface area contributed by atoms with Crippen LogP contribution in [0.3, 0.4) is 0 Å². The molecule has 3 aromatic carbocycles. The molecule has 150 valence electrons. The maximum atomic E-state index is 12.8. The van der Waals surface area contributed by atoms with Crippen molar-refractivity contribution in [2.75, 3.05) is 5.32 Å². The van der Waals surface area contributed by atoms with E-state index in [1.807, 2.05) is 85.8 Å². The van der Waals surface area contributed by atoms with Crippen LogP contribution in [0.2, 0.25) is 0 Å². The van der Waals surface area contributed by atoms with Crippen LogP contribution in [-0.4, -0.2) is 11.1 Å². The van der Waals surface area contributed by atoms with Crippen molar-refractivity contribution in [3.63, 3.8) is 0 Å². The largest absolute Gasteiger partial charge is 0.489 e. The lowest BCUT2D eigenvalue weighted by Gasteiger charge is -2.08. The molecule has 1 heterocycles. The number of aryl methyl sites for hydroxylation is 2. The van der Waals surface area contributed by atoms with Gasteiger partial charge in [-0.3, -0.25) is 4.79 Å². The maximum absolute atomic E-state index is 12.8. The Morgan fingerprint density at radius 3 is 2.40 bits per heavy atom. The van der Waals surface area contributed by atoms with Gasteiger partial charge in [0.1, 0.15) is 18.1 Å². The van der Waals surface area contributed by atoms with Crippen molar-refractivity contribution < 1.29 is 14.1 Å². The Morgan fingerprint density at radius 1 is 0.933 bits per heavy atom. The second-order valence-corrected chi connectivity index (χ2v) is 7.07. The molecule has 0 fully saturated rings. The quantitative estimate of drug-likeness (QED) is 0.446.